The molecule has 98 valence electrons. The van der Waals surface area contributed by atoms with Crippen LogP contribution in [0.5, 0.6) is 0 Å². The third-order valence-electron chi connectivity index (χ3n) is 3.59. The number of carbonyl (C=O) groups is 1. The van der Waals surface area contributed by atoms with Crippen molar-refractivity contribution in [2.24, 2.45) is 5.92 Å². The number of ether oxygens (including phenoxy) is 1. The molecule has 3 N–H and O–H groups in total. The van der Waals surface area contributed by atoms with E-state index in [1.807, 2.05) is 32.9 Å². The molecule has 4 heteroatoms. The zero-order chi connectivity index (χ0) is 13.3. The Balaban J connectivity index is 2.14. The number of nitrogens with two attached hydrogens (primary N) is 1. The van der Waals surface area contributed by atoms with Crippen molar-refractivity contribution < 1.29 is 9.53 Å². The number of nitrogen functional groups attached to an aromatic ring is 1. The molecule has 1 aliphatic rings. The van der Waals surface area contributed by atoms with Gasteiger partial charge in [0.1, 0.15) is 0 Å². The van der Waals surface area contributed by atoms with Gasteiger partial charge in [0.2, 0.25) is 5.91 Å². The lowest BCUT2D eigenvalue weighted by molar-refractivity contribution is -0.119. The molecule has 2 rings (SSSR count). The van der Waals surface area contributed by atoms with Crippen LogP contribution in [0, 0.1) is 19.8 Å². The Kier molecular flexibility index (Phi) is 3.57. The van der Waals surface area contributed by atoms with Crippen molar-refractivity contribution in [3.8, 4) is 0 Å². The molecule has 1 aliphatic heterocycles. The Morgan fingerprint density at radius 1 is 1.44 bits per heavy atom. The maximum Gasteiger partial charge on any atom is 0.229 e. The summed E-state index contributed by atoms with van der Waals surface area (Å²) in [6.07, 6.45) is 0.938. The zero-order valence-corrected chi connectivity index (χ0v) is 11.1. The Morgan fingerprint density at radius 2 is 2.17 bits per heavy atom. The number of hydrogen-bond acceptors (Lipinski definition) is 3. The van der Waals surface area contributed by atoms with Crippen LogP contribution in [-0.2, 0) is 9.53 Å². The van der Waals surface area contributed by atoms with E-state index >= 15 is 0 Å². The molecule has 1 heterocycles. The number of rotatable bonds is 2. The summed E-state index contributed by atoms with van der Waals surface area (Å²) in [6.45, 7) is 6.46. The smallest absolute Gasteiger partial charge is 0.229 e. The van der Waals surface area contributed by atoms with Crippen molar-refractivity contribution in [3.63, 3.8) is 0 Å². The highest BCUT2D eigenvalue weighted by Crippen LogP contribution is 2.28. The quantitative estimate of drug-likeness (QED) is 0.789. The molecular weight excluding hydrogens is 228 g/mol. The average Bonchev–Trinajstić information content (AvgIpc) is 2.76. The second kappa shape index (κ2) is 4.98. The van der Waals surface area contributed by atoms with Gasteiger partial charge in [-0.3, -0.25) is 4.79 Å². The molecule has 4 nitrogen and oxygen atoms in total. The van der Waals surface area contributed by atoms with Crippen LogP contribution in [-0.4, -0.2) is 18.6 Å². The Bertz CT molecular complexity index is 471. The molecule has 1 saturated heterocycles. The number of carbonyl (C=O) groups excluding carboxylic acids is 1. The minimum absolute atomic E-state index is 0.000231. The van der Waals surface area contributed by atoms with Gasteiger partial charge in [-0.05, 0) is 44.4 Å². The first-order chi connectivity index (χ1) is 8.49. The van der Waals surface area contributed by atoms with Gasteiger partial charge < -0.3 is 15.8 Å². The minimum Gasteiger partial charge on any atom is -0.397 e. The van der Waals surface area contributed by atoms with Gasteiger partial charge in [-0.1, -0.05) is 6.07 Å². The lowest BCUT2D eigenvalue weighted by Gasteiger charge is -2.15. The largest absolute Gasteiger partial charge is 0.397 e. The van der Waals surface area contributed by atoms with Crippen LogP contribution < -0.4 is 11.1 Å². The second-order valence-electron chi connectivity index (χ2n) is 5.04. The van der Waals surface area contributed by atoms with Crippen molar-refractivity contribution in [1.29, 1.82) is 0 Å². The second-order valence-corrected chi connectivity index (χ2v) is 5.04. The highest BCUT2D eigenvalue weighted by atomic mass is 16.5. The Morgan fingerprint density at radius 3 is 2.78 bits per heavy atom. The molecule has 0 spiro atoms. The molecule has 18 heavy (non-hydrogen) atoms. The first-order valence-electron chi connectivity index (χ1n) is 6.27. The number of aryl methyl sites for hydroxylation is 1. The summed E-state index contributed by atoms with van der Waals surface area (Å²) in [6, 6.07) is 3.78. The van der Waals surface area contributed by atoms with Gasteiger partial charge in [-0.25, -0.2) is 0 Å². The van der Waals surface area contributed by atoms with E-state index in [9.17, 15) is 4.79 Å². The van der Waals surface area contributed by atoms with Crippen LogP contribution in [0.1, 0.15) is 24.5 Å². The van der Waals surface area contributed by atoms with E-state index in [4.69, 9.17) is 10.5 Å². The Hall–Kier alpha value is -1.55. The molecule has 0 radical (unpaired) electrons. The highest BCUT2D eigenvalue weighted by Gasteiger charge is 2.28. The number of benzene rings is 1. The molecule has 1 fully saturated rings. The van der Waals surface area contributed by atoms with Crippen LogP contribution in [0.25, 0.3) is 0 Å². The molecule has 1 aromatic carbocycles. The molecular formula is C14H20N2O2. The summed E-state index contributed by atoms with van der Waals surface area (Å²) in [4.78, 5) is 12.1. The highest BCUT2D eigenvalue weighted by molar-refractivity contribution is 5.96. The fraction of sp³-hybridized carbons (Fsp3) is 0.500. The van der Waals surface area contributed by atoms with E-state index in [0.717, 1.165) is 23.2 Å². The van der Waals surface area contributed by atoms with Crippen LogP contribution in [0.15, 0.2) is 12.1 Å². The summed E-state index contributed by atoms with van der Waals surface area (Å²) >= 11 is 0. The lowest BCUT2D eigenvalue weighted by Crippen LogP contribution is -2.24. The Labute approximate surface area is 108 Å². The summed E-state index contributed by atoms with van der Waals surface area (Å²) in [5, 5.41) is 2.94. The first-order valence-corrected chi connectivity index (χ1v) is 6.27. The maximum atomic E-state index is 12.1. The molecule has 0 saturated carbocycles. The number of nitrogens with one attached hydrogen (secondary N) is 1. The van der Waals surface area contributed by atoms with Gasteiger partial charge in [0.05, 0.1) is 30.0 Å². The molecule has 0 aromatic heterocycles. The van der Waals surface area contributed by atoms with E-state index in [-0.39, 0.29) is 17.9 Å². The van der Waals surface area contributed by atoms with Gasteiger partial charge in [0.15, 0.2) is 0 Å². The normalized spacial score (nSPS) is 23.1. The SMILES string of the molecule is Cc1ccc(N)c(NC(=O)C2COC(C)C2)c1C. The van der Waals surface area contributed by atoms with Gasteiger partial charge in [0, 0.05) is 0 Å². The van der Waals surface area contributed by atoms with E-state index in [0.29, 0.717) is 12.3 Å². The zero-order valence-electron chi connectivity index (χ0n) is 11.1. The van der Waals surface area contributed by atoms with Crippen molar-refractivity contribution in [3.05, 3.63) is 23.3 Å². The van der Waals surface area contributed by atoms with E-state index in [1.54, 1.807) is 0 Å². The number of anilines is 2. The molecule has 2 atom stereocenters. The minimum atomic E-state index is -0.0701. The molecule has 1 amide bonds. The molecule has 2 unspecified atom stereocenters. The summed E-state index contributed by atoms with van der Waals surface area (Å²) in [5.41, 5.74) is 9.41. The van der Waals surface area contributed by atoms with Crippen LogP contribution in [0.4, 0.5) is 11.4 Å². The standard InChI is InChI=1S/C14H20N2O2/c1-8-4-5-12(15)13(10(8)3)16-14(17)11-6-9(2)18-7-11/h4-5,9,11H,6-7,15H2,1-3H3,(H,16,17). The fourth-order valence-electron chi connectivity index (χ4n) is 2.23. The lowest BCUT2D eigenvalue weighted by atomic mass is 10.0. The van der Waals surface area contributed by atoms with Crippen molar-refractivity contribution in [2.75, 3.05) is 17.7 Å². The summed E-state index contributed by atoms with van der Waals surface area (Å²) in [7, 11) is 0. The van der Waals surface area contributed by atoms with Gasteiger partial charge in [-0.15, -0.1) is 0 Å². The predicted octanol–water partition coefficient (Wildman–Crippen LogP) is 2.25. The van der Waals surface area contributed by atoms with E-state index < -0.39 is 0 Å². The monoisotopic (exact) mass is 248 g/mol. The third kappa shape index (κ3) is 2.48. The molecule has 1 aromatic rings. The first kappa shape index (κ1) is 12.9. The maximum absolute atomic E-state index is 12.1. The predicted molar refractivity (Wildman–Crippen MR) is 72.5 cm³/mol. The topological polar surface area (TPSA) is 64.3 Å². The van der Waals surface area contributed by atoms with Gasteiger partial charge in [-0.2, -0.15) is 0 Å². The average molecular weight is 248 g/mol. The van der Waals surface area contributed by atoms with Crippen molar-refractivity contribution >= 4 is 17.3 Å². The van der Waals surface area contributed by atoms with E-state index in [1.165, 1.54) is 0 Å². The van der Waals surface area contributed by atoms with Crippen molar-refractivity contribution in [1.82, 2.24) is 0 Å². The summed E-state index contributed by atoms with van der Waals surface area (Å²) < 4.78 is 5.42. The molecule has 0 bridgehead atoms. The van der Waals surface area contributed by atoms with Crippen LogP contribution in [0.2, 0.25) is 0 Å². The number of amides is 1. The van der Waals surface area contributed by atoms with E-state index in [2.05, 4.69) is 5.32 Å². The van der Waals surface area contributed by atoms with Crippen molar-refractivity contribution in [2.45, 2.75) is 33.3 Å². The summed E-state index contributed by atoms with van der Waals surface area (Å²) in [5.74, 6) is -0.0703. The van der Waals surface area contributed by atoms with Crippen LogP contribution >= 0.6 is 0 Å². The van der Waals surface area contributed by atoms with Gasteiger partial charge >= 0.3 is 0 Å². The molecule has 0 aliphatic carbocycles. The number of hydrogen-bond donors (Lipinski definition) is 2. The van der Waals surface area contributed by atoms with Crippen LogP contribution in [0.3, 0.4) is 0 Å². The fourth-order valence-corrected chi connectivity index (χ4v) is 2.23. The third-order valence-corrected chi connectivity index (χ3v) is 3.59. The van der Waals surface area contributed by atoms with Gasteiger partial charge in [0.25, 0.3) is 0 Å².